The Morgan fingerprint density at radius 2 is 2.44 bits per heavy atom. The van der Waals surface area contributed by atoms with Crippen LogP contribution in [0.3, 0.4) is 0 Å². The van der Waals surface area contributed by atoms with Crippen LogP contribution in [0, 0.1) is 6.92 Å². The predicted octanol–water partition coefficient (Wildman–Crippen LogP) is 0.947. The van der Waals surface area contributed by atoms with E-state index in [4.69, 9.17) is 4.65 Å². The number of hydrogen-bond acceptors (Lipinski definition) is 2. The smallest absolute Gasteiger partial charge is 0.340 e. The number of thiophene rings is 1. The van der Waals surface area contributed by atoms with Gasteiger partial charge in [-0.25, -0.2) is 0 Å². The summed E-state index contributed by atoms with van der Waals surface area (Å²) in [5, 5.41) is 2.10. The van der Waals surface area contributed by atoms with Gasteiger partial charge < -0.3 is 4.65 Å². The van der Waals surface area contributed by atoms with Crippen molar-refractivity contribution in [2.24, 2.45) is 0 Å². The Hall–Kier alpha value is -0.275. The lowest BCUT2D eigenvalue weighted by Gasteiger charge is -1.85. The molecule has 1 aromatic rings. The van der Waals surface area contributed by atoms with Crippen molar-refractivity contribution in [2.75, 3.05) is 7.11 Å². The zero-order valence-corrected chi connectivity index (χ0v) is 6.37. The molecule has 0 aliphatic rings. The van der Waals surface area contributed by atoms with Gasteiger partial charge in [0.2, 0.25) is 0 Å². The Labute approximate surface area is 59.9 Å². The second kappa shape index (κ2) is 3.04. The van der Waals surface area contributed by atoms with Crippen LogP contribution in [-0.2, 0) is 4.65 Å². The molecule has 0 saturated heterocycles. The molecule has 1 heterocycles. The Kier molecular flexibility index (Phi) is 2.31. The van der Waals surface area contributed by atoms with Gasteiger partial charge in [0.1, 0.15) is 0 Å². The van der Waals surface area contributed by atoms with Crippen LogP contribution < -0.4 is 4.78 Å². The van der Waals surface area contributed by atoms with Gasteiger partial charge in [-0.2, -0.15) is 11.3 Å². The Morgan fingerprint density at radius 1 is 1.67 bits per heavy atom. The molecule has 0 amide bonds. The molecule has 1 nitrogen and oxygen atoms in total. The van der Waals surface area contributed by atoms with Gasteiger partial charge in [0.25, 0.3) is 0 Å². The molecule has 0 saturated carbocycles. The van der Waals surface area contributed by atoms with Gasteiger partial charge in [-0.1, -0.05) is 6.07 Å². The van der Waals surface area contributed by atoms with E-state index in [2.05, 4.69) is 18.4 Å². The molecule has 0 aliphatic heterocycles. The third-order valence-electron chi connectivity index (χ3n) is 0.985. The molecule has 1 rings (SSSR count). The number of hydrogen-bond donors (Lipinski definition) is 0. The maximum Gasteiger partial charge on any atom is 0.340 e. The summed E-state index contributed by atoms with van der Waals surface area (Å²) in [6.45, 7) is 2.07. The lowest BCUT2D eigenvalue weighted by molar-refractivity contribution is 0.451. The van der Waals surface area contributed by atoms with Crippen LogP contribution in [0.2, 0.25) is 0 Å². The zero-order chi connectivity index (χ0) is 6.69. The summed E-state index contributed by atoms with van der Waals surface area (Å²) in [4.78, 5) is 0. The first-order valence-electron chi connectivity index (χ1n) is 2.74. The monoisotopic (exact) mass is 139 g/mol. The highest BCUT2D eigenvalue weighted by atomic mass is 32.1. The standard InChI is InChI=1S/C6H8BOS/c1-5-3-6(7-8-2)9-4-5/h3-4H,1-2H3. The van der Waals surface area contributed by atoms with Gasteiger partial charge in [0.05, 0.1) is 0 Å². The van der Waals surface area contributed by atoms with E-state index < -0.39 is 0 Å². The van der Waals surface area contributed by atoms with Crippen LogP contribution in [0.4, 0.5) is 0 Å². The van der Waals surface area contributed by atoms with E-state index in [1.165, 1.54) is 10.3 Å². The predicted molar refractivity (Wildman–Crippen MR) is 41.5 cm³/mol. The molecule has 0 atom stereocenters. The van der Waals surface area contributed by atoms with Crippen molar-refractivity contribution in [3.05, 3.63) is 17.0 Å². The highest BCUT2D eigenvalue weighted by Crippen LogP contribution is 1.99. The first-order chi connectivity index (χ1) is 4.33. The molecular formula is C6H8BOS. The van der Waals surface area contributed by atoms with E-state index in [-0.39, 0.29) is 0 Å². The summed E-state index contributed by atoms with van der Waals surface area (Å²) < 4.78 is 6.00. The fourth-order valence-electron chi connectivity index (χ4n) is 0.631. The average Bonchev–Trinajstić information content (AvgIpc) is 2.17. The lowest BCUT2D eigenvalue weighted by Crippen LogP contribution is -2.10. The van der Waals surface area contributed by atoms with Gasteiger partial charge >= 0.3 is 7.48 Å². The highest BCUT2D eigenvalue weighted by Gasteiger charge is 1.96. The zero-order valence-electron chi connectivity index (χ0n) is 5.55. The van der Waals surface area contributed by atoms with Gasteiger partial charge in [-0.15, -0.1) is 0 Å². The summed E-state index contributed by atoms with van der Waals surface area (Å²) in [6, 6.07) is 2.09. The van der Waals surface area contributed by atoms with Crippen LogP contribution in [0.1, 0.15) is 5.56 Å². The van der Waals surface area contributed by atoms with Crippen molar-refractivity contribution in [3.8, 4) is 0 Å². The second-order valence-corrected chi connectivity index (χ2v) is 2.82. The van der Waals surface area contributed by atoms with E-state index >= 15 is 0 Å². The van der Waals surface area contributed by atoms with Gasteiger partial charge in [0.15, 0.2) is 0 Å². The minimum Gasteiger partial charge on any atom is -0.436 e. The second-order valence-electron chi connectivity index (χ2n) is 1.88. The van der Waals surface area contributed by atoms with Crippen molar-refractivity contribution in [1.82, 2.24) is 0 Å². The van der Waals surface area contributed by atoms with Crippen LogP contribution in [0.15, 0.2) is 11.4 Å². The summed E-state index contributed by atoms with van der Waals surface area (Å²) in [5.74, 6) is 0. The van der Waals surface area contributed by atoms with Crippen LogP contribution in [-0.4, -0.2) is 14.6 Å². The third-order valence-corrected chi connectivity index (χ3v) is 1.96. The Balaban J connectivity index is 2.61. The molecule has 0 bridgehead atoms. The SMILES string of the molecule is CO[B]c1cc(C)cs1. The van der Waals surface area contributed by atoms with Crippen LogP contribution in [0.5, 0.6) is 0 Å². The van der Waals surface area contributed by atoms with E-state index in [0.29, 0.717) is 0 Å². The molecule has 1 aromatic heterocycles. The average molecular weight is 139 g/mol. The van der Waals surface area contributed by atoms with E-state index in [1.807, 2.05) is 0 Å². The van der Waals surface area contributed by atoms with Crippen LogP contribution in [0.25, 0.3) is 0 Å². The van der Waals surface area contributed by atoms with Crippen molar-refractivity contribution >= 4 is 23.6 Å². The lowest BCUT2D eigenvalue weighted by atomic mass is 9.99. The van der Waals surface area contributed by atoms with Crippen molar-refractivity contribution in [2.45, 2.75) is 6.92 Å². The van der Waals surface area contributed by atoms with E-state index in [9.17, 15) is 0 Å². The highest BCUT2D eigenvalue weighted by molar-refractivity contribution is 7.19. The molecule has 3 heteroatoms. The summed E-state index contributed by atoms with van der Waals surface area (Å²) in [5.41, 5.74) is 1.29. The quantitative estimate of drug-likeness (QED) is 0.554. The fourth-order valence-corrected chi connectivity index (χ4v) is 1.43. The maximum absolute atomic E-state index is 4.83. The molecule has 0 aliphatic carbocycles. The molecule has 47 valence electrons. The van der Waals surface area contributed by atoms with Gasteiger partial charge in [-0.05, 0) is 22.6 Å². The first kappa shape index (κ1) is 6.84. The normalized spacial score (nSPS) is 9.56. The molecule has 0 N–H and O–H groups in total. The summed E-state index contributed by atoms with van der Waals surface area (Å²) in [7, 11) is 3.41. The fraction of sp³-hybridized carbons (Fsp3) is 0.333. The van der Waals surface area contributed by atoms with Crippen molar-refractivity contribution in [1.29, 1.82) is 0 Å². The van der Waals surface area contributed by atoms with Gasteiger partial charge in [0, 0.05) is 7.11 Å². The topological polar surface area (TPSA) is 9.23 Å². The van der Waals surface area contributed by atoms with Crippen molar-refractivity contribution < 1.29 is 4.65 Å². The summed E-state index contributed by atoms with van der Waals surface area (Å²) >= 11 is 1.69. The molecular weight excluding hydrogens is 131 g/mol. The minimum atomic E-state index is 1.18. The number of rotatable bonds is 2. The molecule has 1 radical (unpaired) electrons. The number of aryl methyl sites for hydroxylation is 1. The molecule has 0 fully saturated rings. The van der Waals surface area contributed by atoms with Gasteiger partial charge in [-0.3, -0.25) is 0 Å². The minimum absolute atomic E-state index is 1.18. The van der Waals surface area contributed by atoms with Crippen molar-refractivity contribution in [3.63, 3.8) is 0 Å². The molecule has 0 unspecified atom stereocenters. The maximum atomic E-state index is 4.83. The van der Waals surface area contributed by atoms with E-state index in [0.717, 1.165) is 0 Å². The molecule has 0 aromatic carbocycles. The van der Waals surface area contributed by atoms with E-state index in [1.54, 1.807) is 25.9 Å². The molecule has 9 heavy (non-hydrogen) atoms. The summed E-state index contributed by atoms with van der Waals surface area (Å²) in [6.07, 6.45) is 0. The largest absolute Gasteiger partial charge is 0.436 e. The third kappa shape index (κ3) is 1.84. The Bertz CT molecular complexity index is 185. The first-order valence-corrected chi connectivity index (χ1v) is 3.62. The van der Waals surface area contributed by atoms with Crippen LogP contribution >= 0.6 is 11.3 Å². The molecule has 0 spiro atoms. The Morgan fingerprint density at radius 3 is 2.89 bits per heavy atom.